The zero-order valence-electron chi connectivity index (χ0n) is 19.0. The molecule has 4 rings (SSSR count). The van der Waals surface area contributed by atoms with Crippen molar-refractivity contribution in [3.8, 4) is 0 Å². The van der Waals surface area contributed by atoms with E-state index in [1.165, 1.54) is 50.0 Å². The number of aliphatic hydroxyl groups excluding tert-OH is 1. The highest BCUT2D eigenvalue weighted by Gasteiger charge is 2.59. The summed E-state index contributed by atoms with van der Waals surface area (Å²) in [4.78, 5) is 0. The molecule has 4 aliphatic carbocycles. The lowest BCUT2D eigenvalue weighted by Gasteiger charge is -2.58. The molecule has 0 spiro atoms. The molecule has 1 nitrogen and oxygen atoms in total. The molecule has 3 fully saturated rings. The van der Waals surface area contributed by atoms with Gasteiger partial charge in [-0.05, 0) is 109 Å². The van der Waals surface area contributed by atoms with Crippen LogP contribution in [0.25, 0.3) is 0 Å². The molecule has 0 aromatic rings. The molecular formula is C26H44OS. The summed E-state index contributed by atoms with van der Waals surface area (Å²) in [5.41, 5.74) is 2.58. The highest BCUT2D eigenvalue weighted by molar-refractivity contribution is 7.99. The van der Waals surface area contributed by atoms with Gasteiger partial charge in [0.15, 0.2) is 0 Å². The van der Waals surface area contributed by atoms with Crippen molar-refractivity contribution >= 4 is 11.8 Å². The van der Waals surface area contributed by atoms with Crippen molar-refractivity contribution in [2.75, 3.05) is 11.5 Å². The Kier molecular flexibility index (Phi) is 6.04. The lowest BCUT2D eigenvalue weighted by molar-refractivity contribution is -0.0553. The molecule has 8 atom stereocenters. The first kappa shape index (κ1) is 21.3. The van der Waals surface area contributed by atoms with E-state index in [9.17, 15) is 5.11 Å². The molecule has 0 radical (unpaired) electrons. The molecule has 28 heavy (non-hydrogen) atoms. The average Bonchev–Trinajstić information content (AvgIpc) is 2.99. The Morgan fingerprint density at radius 1 is 1.04 bits per heavy atom. The molecule has 3 saturated carbocycles. The van der Waals surface area contributed by atoms with E-state index in [4.69, 9.17) is 0 Å². The summed E-state index contributed by atoms with van der Waals surface area (Å²) in [6.45, 7) is 12.5. The summed E-state index contributed by atoms with van der Waals surface area (Å²) in [7, 11) is 0. The third kappa shape index (κ3) is 3.53. The van der Waals surface area contributed by atoms with Crippen LogP contribution in [0.1, 0.15) is 86.0 Å². The normalized spacial score (nSPS) is 46.5. The van der Waals surface area contributed by atoms with Crippen LogP contribution in [-0.2, 0) is 0 Å². The molecule has 1 unspecified atom stereocenters. The summed E-state index contributed by atoms with van der Waals surface area (Å²) in [6, 6.07) is 0. The van der Waals surface area contributed by atoms with Gasteiger partial charge in [-0.15, -0.1) is 0 Å². The van der Waals surface area contributed by atoms with Gasteiger partial charge in [0, 0.05) is 0 Å². The van der Waals surface area contributed by atoms with E-state index in [0.717, 1.165) is 48.3 Å². The predicted molar refractivity (Wildman–Crippen MR) is 123 cm³/mol. The van der Waals surface area contributed by atoms with E-state index in [0.29, 0.717) is 10.8 Å². The van der Waals surface area contributed by atoms with Crippen molar-refractivity contribution in [2.45, 2.75) is 92.1 Å². The van der Waals surface area contributed by atoms with Gasteiger partial charge in [0.2, 0.25) is 0 Å². The Bertz CT molecular complexity index is 597. The maximum absolute atomic E-state index is 10.2. The SMILES string of the molecule is CC(C)CSC[C@@H](C)[C@H]1CC[C@H]2[C@@H]3CC=C4CC(O)CC[C@]4(C)[C@H]3CC[C@]12C. The molecule has 0 saturated heterocycles. The fourth-order valence-electron chi connectivity index (χ4n) is 8.22. The Labute approximate surface area is 178 Å². The summed E-state index contributed by atoms with van der Waals surface area (Å²) in [5.74, 6) is 8.02. The van der Waals surface area contributed by atoms with E-state index in [1.807, 2.05) is 0 Å². The van der Waals surface area contributed by atoms with Crippen LogP contribution in [0.4, 0.5) is 0 Å². The third-order valence-electron chi connectivity index (χ3n) is 9.67. The fraction of sp³-hybridized carbons (Fsp3) is 0.923. The van der Waals surface area contributed by atoms with E-state index in [2.05, 4.69) is 52.5 Å². The first-order valence-corrected chi connectivity index (χ1v) is 13.4. The first-order valence-electron chi connectivity index (χ1n) is 12.2. The predicted octanol–water partition coefficient (Wildman–Crippen LogP) is 6.95. The largest absolute Gasteiger partial charge is 0.393 e. The van der Waals surface area contributed by atoms with E-state index in [1.54, 1.807) is 5.57 Å². The third-order valence-corrected chi connectivity index (χ3v) is 11.3. The summed E-state index contributed by atoms with van der Waals surface area (Å²) < 4.78 is 0. The van der Waals surface area contributed by atoms with Crippen LogP contribution in [0.15, 0.2) is 11.6 Å². The number of fused-ring (bicyclic) bond motifs is 5. The molecule has 0 aromatic carbocycles. The zero-order valence-corrected chi connectivity index (χ0v) is 19.9. The Morgan fingerprint density at radius 2 is 1.82 bits per heavy atom. The van der Waals surface area contributed by atoms with Crippen LogP contribution in [0, 0.1) is 46.3 Å². The number of thioether (sulfide) groups is 1. The van der Waals surface area contributed by atoms with Gasteiger partial charge < -0.3 is 5.11 Å². The second kappa shape index (κ2) is 7.95. The van der Waals surface area contributed by atoms with Gasteiger partial charge in [-0.1, -0.05) is 46.3 Å². The van der Waals surface area contributed by atoms with Crippen LogP contribution in [0.3, 0.4) is 0 Å². The second-order valence-corrected chi connectivity index (χ2v) is 12.9. The van der Waals surface area contributed by atoms with Crippen molar-refractivity contribution in [2.24, 2.45) is 46.3 Å². The molecule has 2 heteroatoms. The van der Waals surface area contributed by atoms with Crippen molar-refractivity contribution in [3.63, 3.8) is 0 Å². The molecule has 0 amide bonds. The number of hydrogen-bond acceptors (Lipinski definition) is 2. The minimum absolute atomic E-state index is 0.0789. The minimum atomic E-state index is -0.0789. The summed E-state index contributed by atoms with van der Waals surface area (Å²) in [5, 5.41) is 10.2. The molecule has 0 heterocycles. The van der Waals surface area contributed by atoms with Crippen molar-refractivity contribution in [1.82, 2.24) is 0 Å². The Balaban J connectivity index is 1.49. The molecule has 4 aliphatic rings. The average molecular weight is 405 g/mol. The number of hydrogen-bond donors (Lipinski definition) is 1. The van der Waals surface area contributed by atoms with Gasteiger partial charge in [-0.2, -0.15) is 11.8 Å². The van der Waals surface area contributed by atoms with Gasteiger partial charge in [-0.25, -0.2) is 0 Å². The monoisotopic (exact) mass is 404 g/mol. The molecule has 160 valence electrons. The smallest absolute Gasteiger partial charge is 0.0577 e. The number of aliphatic hydroxyl groups is 1. The van der Waals surface area contributed by atoms with Crippen LogP contribution in [0.5, 0.6) is 0 Å². The highest BCUT2D eigenvalue weighted by atomic mass is 32.2. The molecule has 1 N–H and O–H groups in total. The zero-order chi connectivity index (χ0) is 20.1. The van der Waals surface area contributed by atoms with Gasteiger partial charge in [0.1, 0.15) is 0 Å². The van der Waals surface area contributed by atoms with Crippen molar-refractivity contribution < 1.29 is 5.11 Å². The molecule has 0 aliphatic heterocycles. The van der Waals surface area contributed by atoms with Crippen molar-refractivity contribution in [1.29, 1.82) is 0 Å². The van der Waals surface area contributed by atoms with Gasteiger partial charge in [0.05, 0.1) is 6.10 Å². The molecular weight excluding hydrogens is 360 g/mol. The quantitative estimate of drug-likeness (QED) is 0.500. The Hall–Kier alpha value is 0.0500. The minimum Gasteiger partial charge on any atom is -0.393 e. The summed E-state index contributed by atoms with van der Waals surface area (Å²) in [6.07, 6.45) is 12.8. The first-order chi connectivity index (χ1) is 13.3. The van der Waals surface area contributed by atoms with E-state index >= 15 is 0 Å². The van der Waals surface area contributed by atoms with Crippen LogP contribution < -0.4 is 0 Å². The second-order valence-electron chi connectivity index (χ2n) is 11.8. The van der Waals surface area contributed by atoms with Crippen LogP contribution in [-0.4, -0.2) is 22.7 Å². The maximum atomic E-state index is 10.2. The summed E-state index contributed by atoms with van der Waals surface area (Å²) >= 11 is 2.20. The number of allylic oxidation sites excluding steroid dienone is 1. The highest BCUT2D eigenvalue weighted by Crippen LogP contribution is 2.67. The van der Waals surface area contributed by atoms with Crippen LogP contribution >= 0.6 is 11.8 Å². The van der Waals surface area contributed by atoms with Gasteiger partial charge in [0.25, 0.3) is 0 Å². The molecule has 0 aromatic heterocycles. The number of rotatable bonds is 5. The Morgan fingerprint density at radius 3 is 2.57 bits per heavy atom. The lowest BCUT2D eigenvalue weighted by atomic mass is 9.47. The van der Waals surface area contributed by atoms with Gasteiger partial charge in [-0.3, -0.25) is 0 Å². The van der Waals surface area contributed by atoms with E-state index in [-0.39, 0.29) is 6.10 Å². The standard InChI is InChI=1S/C26H44OS/c1-17(2)15-28-16-18(3)22-8-9-23-21-7-6-19-14-20(27)10-12-25(19,4)24(21)11-13-26(22,23)5/h6,17-18,20-24,27H,7-16H2,1-5H3/t18-,20?,21+,22-,23+,24+,25+,26-/m1/s1. The maximum Gasteiger partial charge on any atom is 0.0577 e. The molecule has 0 bridgehead atoms. The van der Waals surface area contributed by atoms with Crippen molar-refractivity contribution in [3.05, 3.63) is 11.6 Å². The van der Waals surface area contributed by atoms with Gasteiger partial charge >= 0.3 is 0 Å². The van der Waals surface area contributed by atoms with E-state index < -0.39 is 0 Å². The van der Waals surface area contributed by atoms with Crippen LogP contribution in [0.2, 0.25) is 0 Å². The fourth-order valence-corrected chi connectivity index (χ4v) is 9.43. The topological polar surface area (TPSA) is 20.2 Å². The lowest BCUT2D eigenvalue weighted by Crippen LogP contribution is -2.50.